The van der Waals surface area contributed by atoms with E-state index in [1.54, 1.807) is 0 Å². The van der Waals surface area contributed by atoms with Crippen molar-refractivity contribution in [3.8, 4) is 5.69 Å². The number of hydrogen-bond donors (Lipinski definition) is 1. The molecule has 0 saturated carbocycles. The monoisotopic (exact) mass is 880 g/mol. The second-order valence-corrected chi connectivity index (χ2v) is 15.2. The minimum atomic E-state index is -0.337. The Balaban J connectivity index is 0.000000218. The van der Waals surface area contributed by atoms with E-state index in [4.69, 9.17) is 4.98 Å². The van der Waals surface area contributed by atoms with E-state index in [9.17, 15) is 9.90 Å². The van der Waals surface area contributed by atoms with Gasteiger partial charge in [-0.25, -0.2) is 0 Å². The van der Waals surface area contributed by atoms with Crippen molar-refractivity contribution in [3.05, 3.63) is 109 Å². The van der Waals surface area contributed by atoms with Gasteiger partial charge in [0.15, 0.2) is 5.78 Å². The summed E-state index contributed by atoms with van der Waals surface area (Å²) in [7, 11) is 0. The van der Waals surface area contributed by atoms with Crippen molar-refractivity contribution >= 4 is 72.3 Å². The molecular weight excluding hydrogens is 836 g/mol. The van der Waals surface area contributed by atoms with Crippen LogP contribution in [-0.4, -0.2) is 34.9 Å². The molecule has 7 rings (SSSR count). The molecule has 0 atom stereocenters. The van der Waals surface area contributed by atoms with E-state index in [1.807, 2.05) is 47.7 Å². The van der Waals surface area contributed by atoms with Crippen molar-refractivity contribution in [2.45, 2.75) is 67.2 Å². The Morgan fingerprint density at radius 2 is 1.48 bits per heavy atom. The maximum atomic E-state index is 12.2. The van der Waals surface area contributed by atoms with Crippen LogP contribution in [0, 0.1) is 16.9 Å². The standard InChI is InChI=1S/C27H15N2Se.C15H28O2.Ir/c1-2-8-18(9-3-1)29-21-11-6-12-23-24(21)25-22(29)15-16-28-26(25)20-14-13-17-7-4-5-10-19(17)27(20)30-23;1-7-14(5,8-2)12(16)11-13(17)15(6,9-3)10-4;/h1-13,15-16H;11,16H,7-10H2,1-6H3;/q-1;;/b;12-11-;. The number of allylic oxidation sites excluding steroid dienone is 2. The second kappa shape index (κ2) is 14.5. The average molecular weight is 879 g/mol. The Morgan fingerprint density at radius 1 is 0.833 bits per heavy atom. The molecule has 0 amide bonds. The number of rotatable bonds is 8. The SMILES string of the molecule is CCC(C)(CC)C(=O)/C=C(\O)C(C)(CC)CC.[Ir].[c-]1cc2ccccc2c2[se]c3cccc4c3c3c(nccc3n4-c3ccccc3)c12. The van der Waals surface area contributed by atoms with E-state index in [0.717, 1.165) is 36.6 Å². The van der Waals surface area contributed by atoms with Crippen LogP contribution >= 0.6 is 0 Å². The fourth-order valence-electron chi connectivity index (χ4n) is 6.36. The van der Waals surface area contributed by atoms with E-state index in [1.165, 1.54) is 52.9 Å². The number of pyridine rings is 1. The van der Waals surface area contributed by atoms with Crippen molar-refractivity contribution in [2.75, 3.05) is 0 Å². The van der Waals surface area contributed by atoms with Crippen molar-refractivity contribution < 1.29 is 30.0 Å². The number of benzene rings is 4. The Kier molecular flexibility index (Phi) is 10.8. The molecule has 7 aromatic rings. The fraction of sp³-hybridized carbons (Fsp3) is 0.286. The van der Waals surface area contributed by atoms with E-state index < -0.39 is 0 Å². The van der Waals surface area contributed by atoms with Crippen LogP contribution in [0.2, 0.25) is 0 Å². The molecule has 1 radical (unpaired) electrons. The van der Waals surface area contributed by atoms with Gasteiger partial charge in [-0.2, -0.15) is 0 Å². The third-order valence-electron chi connectivity index (χ3n) is 10.5. The van der Waals surface area contributed by atoms with Gasteiger partial charge in [0.1, 0.15) is 5.76 Å². The zero-order valence-corrected chi connectivity index (χ0v) is 32.7. The van der Waals surface area contributed by atoms with Gasteiger partial charge < -0.3 is 5.11 Å². The van der Waals surface area contributed by atoms with Crippen LogP contribution in [-0.2, 0) is 24.9 Å². The van der Waals surface area contributed by atoms with Crippen molar-refractivity contribution in [3.63, 3.8) is 0 Å². The summed E-state index contributed by atoms with van der Waals surface area (Å²) in [6.45, 7) is 12.1. The van der Waals surface area contributed by atoms with Crippen LogP contribution in [0.3, 0.4) is 0 Å². The average Bonchev–Trinajstić information content (AvgIpc) is 3.38. The van der Waals surface area contributed by atoms with Crippen molar-refractivity contribution in [1.82, 2.24) is 9.55 Å². The van der Waals surface area contributed by atoms with Crippen LogP contribution in [0.15, 0.2) is 103 Å². The van der Waals surface area contributed by atoms with Gasteiger partial charge in [-0.05, 0) is 25.7 Å². The van der Waals surface area contributed by atoms with Gasteiger partial charge in [-0.15, -0.1) is 0 Å². The fourth-order valence-corrected chi connectivity index (χ4v) is 8.93. The summed E-state index contributed by atoms with van der Waals surface area (Å²) in [6.07, 6.45) is 6.70. The summed E-state index contributed by atoms with van der Waals surface area (Å²) in [5, 5.41) is 16.4. The number of aliphatic hydroxyl groups is 1. The summed E-state index contributed by atoms with van der Waals surface area (Å²) in [5.74, 6) is 0.286. The molecule has 48 heavy (non-hydrogen) atoms. The molecule has 0 aliphatic rings. The summed E-state index contributed by atoms with van der Waals surface area (Å²) in [4.78, 5) is 17.1. The number of nitrogens with zero attached hydrogens (tertiary/aromatic N) is 2. The third-order valence-corrected chi connectivity index (χ3v) is 13.0. The second-order valence-electron chi connectivity index (χ2n) is 13.0. The molecule has 0 aliphatic carbocycles. The summed E-state index contributed by atoms with van der Waals surface area (Å²) in [5.41, 5.74) is 4.09. The molecule has 4 aromatic carbocycles. The molecule has 0 saturated heterocycles. The number of ketones is 1. The Hall–Kier alpha value is -3.53. The predicted molar refractivity (Wildman–Crippen MR) is 200 cm³/mol. The van der Waals surface area contributed by atoms with Gasteiger partial charge in [-0.3, -0.25) is 4.79 Å². The van der Waals surface area contributed by atoms with E-state index >= 15 is 0 Å². The topological polar surface area (TPSA) is 55.1 Å². The number of fused-ring (bicyclic) bond motifs is 4. The van der Waals surface area contributed by atoms with Crippen LogP contribution in [0.5, 0.6) is 0 Å². The first-order valence-corrected chi connectivity index (χ1v) is 18.5. The first-order valence-electron chi connectivity index (χ1n) is 16.7. The Morgan fingerprint density at radius 3 is 2.17 bits per heavy atom. The zero-order valence-electron chi connectivity index (χ0n) is 28.6. The first kappa shape index (κ1) is 35.8. The quantitative estimate of drug-likeness (QED) is 0.0716. The van der Waals surface area contributed by atoms with E-state index in [2.05, 4.69) is 95.6 Å². The molecule has 3 aromatic heterocycles. The van der Waals surface area contributed by atoms with Crippen molar-refractivity contribution in [1.29, 1.82) is 0 Å². The van der Waals surface area contributed by atoms with Crippen LogP contribution in [0.1, 0.15) is 67.2 Å². The summed E-state index contributed by atoms with van der Waals surface area (Å²) in [6, 6.07) is 33.9. The molecule has 0 spiro atoms. The summed E-state index contributed by atoms with van der Waals surface area (Å²) >= 11 is 0.169. The molecule has 249 valence electrons. The molecule has 0 fully saturated rings. The van der Waals surface area contributed by atoms with Crippen LogP contribution in [0.25, 0.3) is 57.7 Å². The van der Waals surface area contributed by atoms with Crippen LogP contribution in [0.4, 0.5) is 0 Å². The number of aromatic nitrogens is 2. The normalized spacial score (nSPS) is 12.4. The minimum absolute atomic E-state index is 0. The van der Waals surface area contributed by atoms with Gasteiger partial charge >= 0.3 is 179 Å². The van der Waals surface area contributed by atoms with Crippen LogP contribution < -0.4 is 0 Å². The van der Waals surface area contributed by atoms with E-state index in [-0.39, 0.29) is 57.0 Å². The third kappa shape index (κ3) is 6.21. The molecule has 0 bridgehead atoms. The Labute approximate surface area is 303 Å². The van der Waals surface area contributed by atoms with Gasteiger partial charge in [0.05, 0.1) is 0 Å². The molecule has 6 heteroatoms. The number of hydrogen-bond acceptors (Lipinski definition) is 3. The van der Waals surface area contributed by atoms with Gasteiger partial charge in [0.2, 0.25) is 0 Å². The first-order chi connectivity index (χ1) is 22.7. The summed E-state index contributed by atoms with van der Waals surface area (Å²) < 4.78 is 5.18. The number of carbonyl (C=O) groups excluding carboxylic acids is 1. The number of carbonyl (C=O) groups is 1. The molecule has 3 heterocycles. The molecule has 0 unspecified atom stereocenters. The number of aliphatic hydroxyl groups excluding tert-OH is 1. The predicted octanol–water partition coefficient (Wildman–Crippen LogP) is 11.1. The molecule has 0 aliphatic heterocycles. The Bertz CT molecular complexity index is 2260. The molecule has 1 N–H and O–H groups in total. The zero-order chi connectivity index (χ0) is 33.3. The van der Waals surface area contributed by atoms with Gasteiger partial charge in [0.25, 0.3) is 0 Å². The van der Waals surface area contributed by atoms with Gasteiger partial charge in [0, 0.05) is 37.0 Å². The van der Waals surface area contributed by atoms with Crippen molar-refractivity contribution in [2.24, 2.45) is 10.8 Å². The maximum absolute atomic E-state index is 12.2. The number of para-hydroxylation sites is 1. The van der Waals surface area contributed by atoms with Gasteiger partial charge in [-0.1, -0.05) is 41.5 Å². The van der Waals surface area contributed by atoms with E-state index in [0.29, 0.717) is 0 Å². The molecular formula is C42H43IrN2O2Se-. The molecule has 4 nitrogen and oxygen atoms in total.